The van der Waals surface area contributed by atoms with E-state index >= 15 is 0 Å². The minimum Gasteiger partial charge on any atom is -0.480 e. The largest absolute Gasteiger partial charge is 0.480 e. The number of carboxylic acids is 1. The molecule has 0 saturated heterocycles. The second-order valence-corrected chi connectivity index (χ2v) is 8.04. The normalized spacial score (nSPS) is 13.9. The van der Waals surface area contributed by atoms with Gasteiger partial charge in [0.2, 0.25) is 17.7 Å². The number of nitrogens with one attached hydrogen (secondary N) is 3. The Morgan fingerprint density at radius 3 is 1.71 bits per heavy atom. The Morgan fingerprint density at radius 1 is 0.829 bits per heavy atom. The Bertz CT molecular complexity index is 765. The van der Waals surface area contributed by atoms with Crippen LogP contribution < -0.4 is 44.6 Å². The first-order valence-electron chi connectivity index (χ1n) is 11.4. The predicted octanol–water partition coefficient (Wildman–Crippen LogP) is -3.36. The topological polar surface area (TPSA) is 279 Å². The Morgan fingerprint density at radius 2 is 1.29 bits per heavy atom. The van der Waals surface area contributed by atoms with Gasteiger partial charge >= 0.3 is 5.97 Å². The maximum absolute atomic E-state index is 13.0. The Labute approximate surface area is 204 Å². The van der Waals surface area contributed by atoms with Crippen LogP contribution >= 0.6 is 0 Å². The van der Waals surface area contributed by atoms with Crippen molar-refractivity contribution >= 4 is 35.6 Å². The number of nitrogens with zero attached hydrogens (tertiary/aromatic N) is 2. The number of guanidine groups is 2. The van der Waals surface area contributed by atoms with Crippen LogP contribution in [-0.2, 0) is 19.2 Å². The molecule has 0 aromatic carbocycles. The Hall–Kier alpha value is -3.62. The summed E-state index contributed by atoms with van der Waals surface area (Å²) < 4.78 is 0. The maximum Gasteiger partial charge on any atom is 0.322 e. The number of rotatable bonds is 17. The fraction of sp³-hybridized carbons (Fsp3) is 0.700. The maximum atomic E-state index is 13.0. The van der Waals surface area contributed by atoms with Crippen LogP contribution in [0.15, 0.2) is 9.98 Å². The molecule has 3 amide bonds. The number of nitrogens with two attached hydrogens (primary N) is 5. The first kappa shape index (κ1) is 31.4. The number of aliphatic imine (C=N–C) groups is 2. The Balaban J connectivity index is 5.49. The van der Waals surface area contributed by atoms with Gasteiger partial charge in [-0.1, -0.05) is 20.3 Å². The number of hydrogen-bond acceptors (Lipinski definition) is 7. The van der Waals surface area contributed by atoms with Gasteiger partial charge < -0.3 is 49.7 Å². The summed E-state index contributed by atoms with van der Waals surface area (Å²) in [5.74, 6) is -3.45. The van der Waals surface area contributed by atoms with Gasteiger partial charge in [-0.25, -0.2) is 0 Å². The zero-order chi connectivity index (χ0) is 27.0. The molecule has 200 valence electrons. The monoisotopic (exact) mass is 500 g/mol. The number of carbonyl (C=O) groups excluding carboxylic acids is 3. The van der Waals surface area contributed by atoms with Crippen molar-refractivity contribution in [2.45, 2.75) is 64.1 Å². The molecule has 0 aromatic heterocycles. The van der Waals surface area contributed by atoms with Gasteiger partial charge in [0.1, 0.15) is 18.6 Å². The minimum absolute atomic E-state index is 0.107. The molecule has 0 saturated carbocycles. The first-order chi connectivity index (χ1) is 16.4. The van der Waals surface area contributed by atoms with E-state index < -0.39 is 48.4 Å². The summed E-state index contributed by atoms with van der Waals surface area (Å²) >= 11 is 0. The molecule has 4 atom stereocenters. The van der Waals surface area contributed by atoms with Crippen molar-refractivity contribution in [2.75, 3.05) is 19.6 Å². The summed E-state index contributed by atoms with van der Waals surface area (Å²) in [7, 11) is 0. The van der Waals surface area contributed by atoms with Gasteiger partial charge in [0.15, 0.2) is 11.9 Å². The number of carbonyl (C=O) groups is 4. The van der Waals surface area contributed by atoms with Gasteiger partial charge in [-0.2, -0.15) is 0 Å². The van der Waals surface area contributed by atoms with Gasteiger partial charge in [-0.15, -0.1) is 0 Å². The van der Waals surface area contributed by atoms with Crippen LogP contribution in [0.25, 0.3) is 0 Å². The summed E-state index contributed by atoms with van der Waals surface area (Å²) in [5.41, 5.74) is 27.2. The summed E-state index contributed by atoms with van der Waals surface area (Å²) in [6, 6.07) is -2.95. The molecular weight excluding hydrogens is 460 g/mol. The lowest BCUT2D eigenvalue weighted by Gasteiger charge is -2.25. The summed E-state index contributed by atoms with van der Waals surface area (Å²) in [4.78, 5) is 56.6. The second-order valence-electron chi connectivity index (χ2n) is 8.04. The van der Waals surface area contributed by atoms with Gasteiger partial charge in [-0.05, 0) is 31.6 Å². The summed E-state index contributed by atoms with van der Waals surface area (Å²) in [5, 5.41) is 16.3. The fourth-order valence-electron chi connectivity index (χ4n) is 2.88. The molecule has 35 heavy (non-hydrogen) atoms. The van der Waals surface area contributed by atoms with Crippen molar-refractivity contribution in [1.82, 2.24) is 16.0 Å². The molecule has 0 rings (SSSR count). The third-order valence-corrected chi connectivity index (χ3v) is 5.13. The highest BCUT2D eigenvalue weighted by Gasteiger charge is 2.29. The molecule has 0 unspecified atom stereocenters. The van der Waals surface area contributed by atoms with Crippen molar-refractivity contribution < 1.29 is 24.3 Å². The van der Waals surface area contributed by atoms with Crippen LogP contribution in [0.5, 0.6) is 0 Å². The molecular formula is C20H40N10O5. The second kappa shape index (κ2) is 16.9. The highest BCUT2D eigenvalue weighted by atomic mass is 16.4. The van der Waals surface area contributed by atoms with E-state index in [9.17, 15) is 19.2 Å². The molecule has 0 aliphatic rings. The molecule has 0 aromatic rings. The van der Waals surface area contributed by atoms with Crippen molar-refractivity contribution in [3.05, 3.63) is 0 Å². The highest BCUT2D eigenvalue weighted by Crippen LogP contribution is 2.08. The van der Waals surface area contributed by atoms with Crippen LogP contribution in [0.4, 0.5) is 0 Å². The number of amides is 3. The van der Waals surface area contributed by atoms with E-state index in [0.717, 1.165) is 0 Å². The number of hydrogen-bond donors (Lipinski definition) is 9. The molecule has 0 fully saturated rings. The molecule has 0 aliphatic carbocycles. The number of aliphatic carboxylic acids is 1. The van der Waals surface area contributed by atoms with Crippen molar-refractivity contribution in [3.8, 4) is 0 Å². The lowest BCUT2D eigenvalue weighted by molar-refractivity contribution is -0.138. The van der Waals surface area contributed by atoms with E-state index in [1.165, 1.54) is 0 Å². The van der Waals surface area contributed by atoms with Crippen molar-refractivity contribution in [1.29, 1.82) is 0 Å². The van der Waals surface area contributed by atoms with Crippen LogP contribution in [-0.4, -0.2) is 78.5 Å². The van der Waals surface area contributed by atoms with Gasteiger partial charge in [0, 0.05) is 13.1 Å². The van der Waals surface area contributed by atoms with Crippen LogP contribution in [0.2, 0.25) is 0 Å². The van der Waals surface area contributed by atoms with E-state index in [4.69, 9.17) is 33.8 Å². The van der Waals surface area contributed by atoms with E-state index in [-0.39, 0.29) is 43.8 Å². The molecule has 0 aliphatic heterocycles. The minimum atomic E-state index is -1.24. The van der Waals surface area contributed by atoms with Gasteiger partial charge in [-0.3, -0.25) is 29.2 Å². The molecule has 0 spiro atoms. The van der Waals surface area contributed by atoms with Crippen molar-refractivity contribution in [2.24, 2.45) is 44.6 Å². The molecule has 15 nitrogen and oxygen atoms in total. The molecule has 0 bridgehead atoms. The summed E-state index contributed by atoms with van der Waals surface area (Å²) in [6.07, 6.45) is 1.63. The molecule has 15 heteroatoms. The SMILES string of the molecule is CC[C@H](C)[C@H](N)C(=O)N[C@@H](CCCN=C(N)N)C(=O)N[C@@H](CCCN=C(N)N)C(=O)NCC(=O)O. The predicted molar refractivity (Wildman–Crippen MR) is 132 cm³/mol. The van der Waals surface area contributed by atoms with Crippen LogP contribution in [0.1, 0.15) is 46.0 Å². The lowest BCUT2D eigenvalue weighted by atomic mass is 9.98. The van der Waals surface area contributed by atoms with E-state index in [1.54, 1.807) is 0 Å². The van der Waals surface area contributed by atoms with E-state index in [2.05, 4.69) is 25.9 Å². The fourth-order valence-corrected chi connectivity index (χ4v) is 2.88. The van der Waals surface area contributed by atoms with Crippen LogP contribution in [0, 0.1) is 5.92 Å². The average molecular weight is 501 g/mol. The van der Waals surface area contributed by atoms with Gasteiger partial charge in [0.25, 0.3) is 0 Å². The lowest BCUT2D eigenvalue weighted by Crippen LogP contribution is -2.56. The smallest absolute Gasteiger partial charge is 0.322 e. The van der Waals surface area contributed by atoms with Gasteiger partial charge in [0.05, 0.1) is 6.04 Å². The zero-order valence-corrected chi connectivity index (χ0v) is 20.3. The third-order valence-electron chi connectivity index (χ3n) is 5.13. The standard InChI is InChI=1S/C20H40N10O5/c1-3-11(2)15(21)18(35)30-13(7-5-9-27-20(24)25)17(34)29-12(6-4-8-26-19(22)23)16(33)28-10-14(31)32/h11-13,15H,3-10,21H2,1-2H3,(H,28,33)(H,29,34)(H,30,35)(H,31,32)(H4,22,23,26)(H4,24,25,27)/t11-,12-,13-,15-/m0/s1. The third kappa shape index (κ3) is 14.3. The highest BCUT2D eigenvalue weighted by molar-refractivity contribution is 5.93. The quantitative estimate of drug-likeness (QED) is 0.0543. The first-order valence-corrected chi connectivity index (χ1v) is 11.4. The van der Waals surface area contributed by atoms with E-state index in [0.29, 0.717) is 19.3 Å². The molecule has 0 heterocycles. The summed E-state index contributed by atoms with van der Waals surface area (Å²) in [6.45, 7) is 3.50. The number of carboxylic acid groups (broad SMARTS) is 1. The Kier molecular flexibility index (Phi) is 15.2. The van der Waals surface area contributed by atoms with Crippen molar-refractivity contribution in [3.63, 3.8) is 0 Å². The average Bonchev–Trinajstić information content (AvgIpc) is 2.79. The molecule has 0 radical (unpaired) electrons. The van der Waals surface area contributed by atoms with E-state index in [1.807, 2.05) is 13.8 Å². The molecule has 14 N–H and O–H groups in total. The zero-order valence-electron chi connectivity index (χ0n) is 20.3. The van der Waals surface area contributed by atoms with Crippen LogP contribution in [0.3, 0.4) is 0 Å².